The van der Waals surface area contributed by atoms with Crippen LogP contribution in [0.5, 0.6) is 0 Å². The molecule has 0 atom stereocenters. The second-order valence-electron chi connectivity index (χ2n) is 2.11. The Morgan fingerprint density at radius 2 is 1.38 bits per heavy atom. The van der Waals surface area contributed by atoms with E-state index in [4.69, 9.17) is 13.3 Å². The first-order valence-corrected chi connectivity index (χ1v) is 6.10. The van der Waals surface area contributed by atoms with Crippen LogP contribution in [0.15, 0.2) is 12.3 Å². The molecule has 5 heteroatoms. The molecule has 0 saturated heterocycles. The molecule has 0 spiro atoms. The van der Waals surface area contributed by atoms with Gasteiger partial charge >= 0.3 is 46.5 Å². The smallest absolute Gasteiger partial charge is 1.00 e. The summed E-state index contributed by atoms with van der Waals surface area (Å²) >= 11 is 0. The Bertz CT molecular complexity index is 124. The topological polar surface area (TPSA) is 27.7 Å². The van der Waals surface area contributed by atoms with Crippen LogP contribution < -0.4 is 0 Å². The van der Waals surface area contributed by atoms with Crippen LogP contribution in [0.25, 0.3) is 0 Å². The molecule has 0 heterocycles. The minimum Gasteiger partial charge on any atom is -1.00 e. The van der Waals surface area contributed by atoms with Gasteiger partial charge in [0.15, 0.2) is 0 Å². The van der Waals surface area contributed by atoms with E-state index in [1.165, 1.54) is 0 Å². The van der Waals surface area contributed by atoms with Crippen molar-refractivity contribution in [2.75, 3.05) is 19.8 Å². The molecular formula is C8H20CaO3Si. The first-order valence-electron chi connectivity index (χ1n) is 4.30. The fourth-order valence-corrected chi connectivity index (χ4v) is 2.72. The fraction of sp³-hybridized carbons (Fsp3) is 0.750. The van der Waals surface area contributed by atoms with Crippen molar-refractivity contribution < 1.29 is 16.1 Å². The van der Waals surface area contributed by atoms with Crippen molar-refractivity contribution >= 4 is 46.5 Å². The van der Waals surface area contributed by atoms with Gasteiger partial charge in [0.25, 0.3) is 0 Å². The van der Waals surface area contributed by atoms with Gasteiger partial charge in [0.2, 0.25) is 0 Å². The summed E-state index contributed by atoms with van der Waals surface area (Å²) in [5.74, 6) is 0. The summed E-state index contributed by atoms with van der Waals surface area (Å²) < 4.78 is 16.3. The molecule has 0 aliphatic rings. The van der Waals surface area contributed by atoms with Crippen LogP contribution in [0.1, 0.15) is 23.6 Å². The molecule has 13 heavy (non-hydrogen) atoms. The zero-order chi connectivity index (χ0) is 9.45. The standard InChI is InChI=1S/C8H18O3Si.Ca.2H/c1-5-9-12(8-4,10-6-2)11-7-3;;;/h8H,4-7H2,1-3H3;;;/q;+2;2*-1. The molecule has 0 aromatic rings. The van der Waals surface area contributed by atoms with Crippen LogP contribution in [0.2, 0.25) is 0 Å². The Balaban J connectivity index is -0.000000202. The minimum absolute atomic E-state index is 0. The van der Waals surface area contributed by atoms with Crippen molar-refractivity contribution in [3.8, 4) is 0 Å². The van der Waals surface area contributed by atoms with Crippen molar-refractivity contribution in [2.24, 2.45) is 0 Å². The quantitative estimate of drug-likeness (QED) is 0.624. The molecule has 0 aliphatic heterocycles. The van der Waals surface area contributed by atoms with E-state index < -0.39 is 8.80 Å². The van der Waals surface area contributed by atoms with Crippen molar-refractivity contribution in [2.45, 2.75) is 20.8 Å². The van der Waals surface area contributed by atoms with Gasteiger partial charge in [-0.15, -0.1) is 0 Å². The van der Waals surface area contributed by atoms with E-state index in [0.29, 0.717) is 19.8 Å². The maximum atomic E-state index is 5.44. The van der Waals surface area contributed by atoms with Gasteiger partial charge in [-0.25, -0.2) is 0 Å². The third-order valence-corrected chi connectivity index (χ3v) is 3.86. The molecular weight excluding hydrogens is 212 g/mol. The zero-order valence-electron chi connectivity index (χ0n) is 10.8. The first-order chi connectivity index (χ1) is 5.74. The van der Waals surface area contributed by atoms with Crippen molar-refractivity contribution in [1.82, 2.24) is 0 Å². The minimum atomic E-state index is -2.51. The van der Waals surface area contributed by atoms with Gasteiger partial charge in [0.1, 0.15) is 0 Å². The summed E-state index contributed by atoms with van der Waals surface area (Å²) in [6.07, 6.45) is 0. The monoisotopic (exact) mass is 232 g/mol. The molecule has 3 nitrogen and oxygen atoms in total. The fourth-order valence-electron chi connectivity index (χ4n) is 0.905. The van der Waals surface area contributed by atoms with Crippen LogP contribution in [0.4, 0.5) is 0 Å². The van der Waals surface area contributed by atoms with Crippen molar-refractivity contribution in [3.05, 3.63) is 12.3 Å². The number of hydrogen-bond acceptors (Lipinski definition) is 3. The van der Waals surface area contributed by atoms with E-state index in [0.717, 1.165) is 0 Å². The van der Waals surface area contributed by atoms with Crippen LogP contribution in [-0.4, -0.2) is 66.4 Å². The Morgan fingerprint density at radius 3 is 1.54 bits per heavy atom. The van der Waals surface area contributed by atoms with Crippen LogP contribution in [0.3, 0.4) is 0 Å². The van der Waals surface area contributed by atoms with E-state index in [9.17, 15) is 0 Å². The van der Waals surface area contributed by atoms with E-state index >= 15 is 0 Å². The normalized spacial score (nSPS) is 10.7. The van der Waals surface area contributed by atoms with Gasteiger partial charge in [-0.1, -0.05) is 6.58 Å². The van der Waals surface area contributed by atoms with Crippen molar-refractivity contribution in [3.63, 3.8) is 0 Å². The van der Waals surface area contributed by atoms with E-state index in [-0.39, 0.29) is 40.6 Å². The molecule has 0 N–H and O–H groups in total. The van der Waals surface area contributed by atoms with Gasteiger partial charge in [-0.3, -0.25) is 0 Å². The van der Waals surface area contributed by atoms with Crippen LogP contribution in [-0.2, 0) is 13.3 Å². The summed E-state index contributed by atoms with van der Waals surface area (Å²) in [5, 5.41) is 0. The third-order valence-electron chi connectivity index (χ3n) is 1.29. The molecule has 0 radical (unpaired) electrons. The number of rotatable bonds is 7. The van der Waals surface area contributed by atoms with Gasteiger partial charge in [-0.05, 0) is 26.5 Å². The van der Waals surface area contributed by atoms with Crippen LogP contribution >= 0.6 is 0 Å². The zero-order valence-corrected chi connectivity index (χ0v) is 12.0. The summed E-state index contributed by atoms with van der Waals surface area (Å²) in [6, 6.07) is 0. The van der Waals surface area contributed by atoms with Gasteiger partial charge in [-0.2, -0.15) is 0 Å². The Labute approximate surface area is 115 Å². The average molecular weight is 232 g/mol. The second kappa shape index (κ2) is 9.64. The molecule has 0 bridgehead atoms. The molecule has 0 unspecified atom stereocenters. The molecule has 0 aliphatic carbocycles. The second-order valence-corrected chi connectivity index (χ2v) is 4.59. The first kappa shape index (κ1) is 16.5. The molecule has 0 amide bonds. The van der Waals surface area contributed by atoms with E-state index in [1.807, 2.05) is 20.8 Å². The average Bonchev–Trinajstić information content (AvgIpc) is 2.06. The molecule has 76 valence electrons. The summed E-state index contributed by atoms with van der Waals surface area (Å²) in [5.41, 5.74) is 1.67. The Kier molecular flexibility index (Phi) is 12.3. The van der Waals surface area contributed by atoms with E-state index in [2.05, 4.69) is 6.58 Å². The molecule has 0 fully saturated rings. The molecule has 0 saturated carbocycles. The number of hydrogen-bond donors (Lipinski definition) is 0. The summed E-state index contributed by atoms with van der Waals surface area (Å²) in [6.45, 7) is 11.2. The predicted octanol–water partition coefficient (Wildman–Crippen LogP) is 1.60. The predicted molar refractivity (Wildman–Crippen MR) is 58.8 cm³/mol. The summed E-state index contributed by atoms with van der Waals surface area (Å²) in [4.78, 5) is 0. The molecule has 0 aromatic heterocycles. The maximum absolute atomic E-state index is 5.44. The van der Waals surface area contributed by atoms with Crippen molar-refractivity contribution in [1.29, 1.82) is 0 Å². The Morgan fingerprint density at radius 1 is 1.08 bits per heavy atom. The molecule has 0 aromatic carbocycles. The van der Waals surface area contributed by atoms with Gasteiger partial charge in [0.05, 0.1) is 0 Å². The third kappa shape index (κ3) is 6.22. The largest absolute Gasteiger partial charge is 2.00 e. The van der Waals surface area contributed by atoms with E-state index in [1.54, 1.807) is 5.70 Å². The van der Waals surface area contributed by atoms with Gasteiger partial charge < -0.3 is 16.1 Å². The Hall–Kier alpha value is 1.10. The maximum Gasteiger partial charge on any atom is 2.00 e. The summed E-state index contributed by atoms with van der Waals surface area (Å²) in [7, 11) is -2.51. The van der Waals surface area contributed by atoms with Gasteiger partial charge in [0, 0.05) is 19.8 Å². The SMILES string of the molecule is C=C[Si](OCC)(OCC)OCC.[Ca+2].[H-].[H-]. The molecule has 0 rings (SSSR count). The van der Waals surface area contributed by atoms with Crippen LogP contribution in [0, 0.1) is 0 Å².